The molecule has 8 N–H and O–H groups in total. The average molecular weight is 330 g/mol. The van der Waals surface area contributed by atoms with E-state index in [1.165, 1.54) is 0 Å². The maximum Gasteiger partial charge on any atom is 0.407 e. The number of nitrogens with two attached hydrogens (primary N) is 3. The lowest BCUT2D eigenvalue weighted by Gasteiger charge is -2.07. The zero-order valence-corrected chi connectivity index (χ0v) is 13.7. The number of amides is 2. The second-order valence-corrected chi connectivity index (χ2v) is 5.07. The minimum absolute atomic E-state index is 0.112. The summed E-state index contributed by atoms with van der Waals surface area (Å²) in [5.74, 6) is -0.191. The summed E-state index contributed by atoms with van der Waals surface area (Å²) in [6, 6.07) is 0. The van der Waals surface area contributed by atoms with Gasteiger partial charge in [-0.1, -0.05) is 12.8 Å². The first-order valence-electron chi connectivity index (χ1n) is 7.99. The van der Waals surface area contributed by atoms with Crippen LogP contribution in [-0.4, -0.2) is 50.7 Å². The molecule has 9 nitrogen and oxygen atoms in total. The van der Waals surface area contributed by atoms with Crippen LogP contribution in [0.2, 0.25) is 0 Å². The molecule has 0 rings (SSSR count). The summed E-state index contributed by atoms with van der Waals surface area (Å²) in [6.07, 6.45) is 4.79. The van der Waals surface area contributed by atoms with E-state index < -0.39 is 6.09 Å². The highest BCUT2D eigenvalue weighted by molar-refractivity contribution is 5.80. The smallest absolute Gasteiger partial charge is 0.407 e. The van der Waals surface area contributed by atoms with Crippen LogP contribution in [0.3, 0.4) is 0 Å². The molecule has 0 unspecified atom stereocenters. The highest BCUT2D eigenvalue weighted by atomic mass is 16.6. The second-order valence-electron chi connectivity index (χ2n) is 5.07. The van der Waals surface area contributed by atoms with Gasteiger partial charge in [0.15, 0.2) is 12.6 Å². The summed E-state index contributed by atoms with van der Waals surface area (Å²) in [6.45, 7) is 2.00. The first-order valence-corrected chi connectivity index (χ1v) is 7.99. The maximum atomic E-state index is 11.5. The zero-order valence-electron chi connectivity index (χ0n) is 13.7. The fourth-order valence-electron chi connectivity index (χ4n) is 1.72. The van der Waals surface area contributed by atoms with Gasteiger partial charge < -0.3 is 32.6 Å². The van der Waals surface area contributed by atoms with Crippen LogP contribution in [0.25, 0.3) is 0 Å². The first kappa shape index (κ1) is 21.0. The number of nitrogens with one attached hydrogen (secondary N) is 2. The summed E-state index contributed by atoms with van der Waals surface area (Å²) in [5.41, 5.74) is 15.8. The van der Waals surface area contributed by atoms with Crippen molar-refractivity contribution in [3.8, 4) is 0 Å². The fourth-order valence-corrected chi connectivity index (χ4v) is 1.72. The summed E-state index contributed by atoms with van der Waals surface area (Å²) in [4.78, 5) is 26.6. The number of rotatable bonds is 13. The molecule has 134 valence electrons. The summed E-state index contributed by atoms with van der Waals surface area (Å²) < 4.78 is 4.78. The SMILES string of the molecule is NCCCCNC(=O)OCC(=O)NCCCCCCN=C(N)N. The predicted molar refractivity (Wildman–Crippen MR) is 89.8 cm³/mol. The van der Waals surface area contributed by atoms with Gasteiger partial charge >= 0.3 is 6.09 Å². The molecule has 2 amide bonds. The molecule has 0 bridgehead atoms. The van der Waals surface area contributed by atoms with Gasteiger partial charge in [0.1, 0.15) is 0 Å². The van der Waals surface area contributed by atoms with Crippen molar-refractivity contribution in [2.75, 3.05) is 32.8 Å². The number of hydrogen-bond acceptors (Lipinski definition) is 5. The van der Waals surface area contributed by atoms with E-state index in [-0.39, 0.29) is 18.5 Å². The van der Waals surface area contributed by atoms with E-state index in [9.17, 15) is 9.59 Å². The lowest BCUT2D eigenvalue weighted by Crippen LogP contribution is -2.33. The van der Waals surface area contributed by atoms with Gasteiger partial charge in [0.25, 0.3) is 5.91 Å². The molecule has 0 aliphatic heterocycles. The molecule has 0 aliphatic rings. The van der Waals surface area contributed by atoms with Gasteiger partial charge in [0.05, 0.1) is 0 Å². The van der Waals surface area contributed by atoms with Gasteiger partial charge in [0, 0.05) is 19.6 Å². The summed E-state index contributed by atoms with van der Waals surface area (Å²) in [5, 5.41) is 5.25. The Kier molecular flexibility index (Phi) is 13.6. The van der Waals surface area contributed by atoms with E-state index >= 15 is 0 Å². The Bertz CT molecular complexity index is 358. The Morgan fingerprint density at radius 1 is 0.913 bits per heavy atom. The number of guanidine groups is 1. The zero-order chi connectivity index (χ0) is 17.3. The third-order valence-electron chi connectivity index (χ3n) is 2.94. The van der Waals surface area contributed by atoms with Gasteiger partial charge in [-0.3, -0.25) is 9.79 Å². The van der Waals surface area contributed by atoms with Crippen molar-refractivity contribution in [3.63, 3.8) is 0 Å². The highest BCUT2D eigenvalue weighted by Gasteiger charge is 2.05. The number of carbonyl (C=O) groups excluding carboxylic acids is 2. The Morgan fingerprint density at radius 2 is 1.57 bits per heavy atom. The Labute approximate surface area is 137 Å². The van der Waals surface area contributed by atoms with Crippen molar-refractivity contribution in [2.24, 2.45) is 22.2 Å². The number of carbonyl (C=O) groups is 2. The monoisotopic (exact) mass is 330 g/mol. The Balaban J connectivity index is 3.40. The van der Waals surface area contributed by atoms with E-state index in [1.807, 2.05) is 0 Å². The molecule has 0 atom stereocenters. The highest BCUT2D eigenvalue weighted by Crippen LogP contribution is 1.98. The van der Waals surface area contributed by atoms with Gasteiger partial charge in [-0.15, -0.1) is 0 Å². The van der Waals surface area contributed by atoms with Gasteiger partial charge in [-0.25, -0.2) is 4.79 Å². The molecule has 0 aromatic carbocycles. The van der Waals surface area contributed by atoms with Crippen LogP contribution >= 0.6 is 0 Å². The maximum absolute atomic E-state index is 11.5. The van der Waals surface area contributed by atoms with Crippen molar-refractivity contribution in [1.29, 1.82) is 0 Å². The predicted octanol–water partition coefficient (Wildman–Crippen LogP) is -0.598. The van der Waals surface area contributed by atoms with Crippen LogP contribution in [-0.2, 0) is 9.53 Å². The van der Waals surface area contributed by atoms with Crippen molar-refractivity contribution in [2.45, 2.75) is 38.5 Å². The van der Waals surface area contributed by atoms with Crippen molar-refractivity contribution >= 4 is 18.0 Å². The van der Waals surface area contributed by atoms with E-state index in [4.69, 9.17) is 21.9 Å². The van der Waals surface area contributed by atoms with Gasteiger partial charge in [-0.05, 0) is 32.2 Å². The molecule has 23 heavy (non-hydrogen) atoms. The molecule has 0 heterocycles. The Hall–Kier alpha value is -2.03. The molecule has 0 saturated heterocycles. The quantitative estimate of drug-likeness (QED) is 0.172. The van der Waals surface area contributed by atoms with E-state index in [1.54, 1.807) is 0 Å². The third kappa shape index (κ3) is 16.2. The standard InChI is InChI=1S/C14H30N6O3/c15-7-3-6-10-20-14(22)23-11-12(21)18-8-4-1-2-5-9-19-13(16)17/h1-11,15H2,(H,18,21)(H,20,22)(H4,16,17,19). The van der Waals surface area contributed by atoms with Crippen molar-refractivity contribution in [3.05, 3.63) is 0 Å². The summed E-state index contributed by atoms with van der Waals surface area (Å²) >= 11 is 0. The molecule has 0 saturated carbocycles. The number of aliphatic imine (C=N–C) groups is 1. The van der Waals surface area contributed by atoms with Crippen LogP contribution in [0.1, 0.15) is 38.5 Å². The summed E-state index contributed by atoms with van der Waals surface area (Å²) in [7, 11) is 0. The third-order valence-corrected chi connectivity index (χ3v) is 2.94. The number of unbranched alkanes of at least 4 members (excludes halogenated alkanes) is 4. The molecule has 0 aliphatic carbocycles. The topological polar surface area (TPSA) is 158 Å². The number of nitrogens with zero attached hydrogens (tertiary/aromatic N) is 1. The number of alkyl carbamates (subject to hydrolysis) is 1. The van der Waals surface area contributed by atoms with E-state index in [0.29, 0.717) is 26.2 Å². The molecule has 9 heteroatoms. The molecule has 0 spiro atoms. The first-order chi connectivity index (χ1) is 11.1. The lowest BCUT2D eigenvalue weighted by molar-refractivity contribution is -0.123. The van der Waals surface area contributed by atoms with E-state index in [2.05, 4.69) is 15.6 Å². The van der Waals surface area contributed by atoms with E-state index in [0.717, 1.165) is 38.5 Å². The Morgan fingerprint density at radius 3 is 2.26 bits per heavy atom. The molecule has 0 aromatic rings. The normalized spacial score (nSPS) is 9.96. The van der Waals surface area contributed by atoms with Crippen molar-refractivity contribution in [1.82, 2.24) is 10.6 Å². The molecule has 0 aromatic heterocycles. The van der Waals surface area contributed by atoms with Crippen LogP contribution in [0.15, 0.2) is 4.99 Å². The van der Waals surface area contributed by atoms with Crippen LogP contribution in [0, 0.1) is 0 Å². The minimum atomic E-state index is -0.586. The molecule has 0 fully saturated rings. The largest absolute Gasteiger partial charge is 0.439 e. The van der Waals surface area contributed by atoms with Crippen LogP contribution < -0.4 is 27.8 Å². The van der Waals surface area contributed by atoms with Gasteiger partial charge in [-0.2, -0.15) is 0 Å². The molecular weight excluding hydrogens is 300 g/mol. The number of ether oxygens (including phenoxy) is 1. The van der Waals surface area contributed by atoms with Crippen LogP contribution in [0.4, 0.5) is 4.79 Å². The fraction of sp³-hybridized carbons (Fsp3) is 0.786. The van der Waals surface area contributed by atoms with Gasteiger partial charge in [0.2, 0.25) is 0 Å². The molecule has 0 radical (unpaired) electrons. The molecular formula is C14H30N6O3. The van der Waals surface area contributed by atoms with Crippen molar-refractivity contribution < 1.29 is 14.3 Å². The average Bonchev–Trinajstić information content (AvgIpc) is 2.51. The van der Waals surface area contributed by atoms with Crippen LogP contribution in [0.5, 0.6) is 0 Å². The number of hydrogen-bond donors (Lipinski definition) is 5. The minimum Gasteiger partial charge on any atom is -0.439 e. The second kappa shape index (κ2) is 14.9. The lowest BCUT2D eigenvalue weighted by atomic mass is 10.2.